The van der Waals surface area contributed by atoms with Crippen molar-refractivity contribution < 1.29 is 4.74 Å². The second-order valence-corrected chi connectivity index (χ2v) is 16.7. The van der Waals surface area contributed by atoms with Gasteiger partial charge in [-0.1, -0.05) is 130 Å². The molecule has 10 heteroatoms. The first-order valence-corrected chi connectivity index (χ1v) is 20.2. The summed E-state index contributed by atoms with van der Waals surface area (Å²) in [5, 5.41) is 7.57. The molecule has 1 aliphatic heterocycles. The molecule has 0 unspecified atom stereocenters. The van der Waals surface area contributed by atoms with Gasteiger partial charge < -0.3 is 14.3 Å². The minimum Gasteiger partial charge on any atom is -0.458 e. The van der Waals surface area contributed by atoms with Gasteiger partial charge in [-0.25, -0.2) is 0 Å². The van der Waals surface area contributed by atoms with Crippen molar-refractivity contribution in [3.63, 3.8) is 0 Å². The van der Waals surface area contributed by atoms with E-state index in [1.165, 1.54) is 121 Å². The number of nitrogens with one attached hydrogen (secondary N) is 1. The van der Waals surface area contributed by atoms with E-state index in [-0.39, 0.29) is 0 Å². The van der Waals surface area contributed by atoms with E-state index in [9.17, 15) is 0 Å². The van der Waals surface area contributed by atoms with Crippen LogP contribution in [0.4, 0.5) is 0 Å². The molecule has 10 aromatic rings. The van der Waals surface area contributed by atoms with Crippen LogP contribution in [0, 0.1) is 0 Å². The Hall–Kier alpha value is -6.13. The molecule has 1 N–H and O–H groups in total. The van der Waals surface area contributed by atoms with Crippen molar-refractivity contribution in [1.29, 1.82) is 0 Å². The van der Waals surface area contributed by atoms with Gasteiger partial charge in [-0.2, -0.15) is 0 Å². The summed E-state index contributed by atoms with van der Waals surface area (Å²) in [7, 11) is 16.1. The molecule has 260 valence electrons. The first kappa shape index (κ1) is 33.1. The number of aromatic nitrogens is 2. The Bertz CT molecular complexity index is 3450. The lowest BCUT2D eigenvalue weighted by molar-refractivity contribution is 0.447. The topological polar surface area (TPSA) is 29.9 Å². The van der Waals surface area contributed by atoms with Gasteiger partial charge in [0.2, 0.25) is 0 Å². The molecule has 0 atom stereocenters. The number of fused-ring (bicyclic) bond motifs is 17. The van der Waals surface area contributed by atoms with Gasteiger partial charge in [0.15, 0.2) is 0 Å². The zero-order chi connectivity index (χ0) is 38.6. The highest BCUT2D eigenvalue weighted by Crippen LogP contribution is 2.60. The number of rotatable bonds is 1. The maximum absolute atomic E-state index is 7.42. The molecule has 3 heterocycles. The minimum absolute atomic E-state index is 0.587. The van der Waals surface area contributed by atoms with E-state index in [4.69, 9.17) is 4.74 Å². The van der Waals surface area contributed by atoms with Crippen LogP contribution < -0.4 is 43.0 Å². The fourth-order valence-electron chi connectivity index (χ4n) is 11.2. The largest absolute Gasteiger partial charge is 0.458 e. The monoisotopic (exact) mass is 720 g/mol. The lowest BCUT2D eigenvalue weighted by atomic mass is 9.54. The normalized spacial score (nSPS) is 13.7. The Kier molecular flexibility index (Phi) is 6.53. The van der Waals surface area contributed by atoms with Gasteiger partial charge in [0.1, 0.15) is 66.4 Å². The molecular weight excluding hydrogens is 684 g/mol. The Morgan fingerprint density at radius 2 is 1.05 bits per heavy atom. The number of hydrogen-bond acceptors (Lipinski definition) is 1. The first-order valence-electron chi connectivity index (χ1n) is 20.2. The van der Waals surface area contributed by atoms with Crippen LogP contribution in [0.1, 0.15) is 22.3 Å². The van der Waals surface area contributed by atoms with Gasteiger partial charge in [0.05, 0.1) is 16.4 Å². The molecule has 0 amide bonds. The molecular formula is C47H35B7N2O. The molecule has 12 rings (SSSR count). The molecule has 1 aliphatic carbocycles. The molecule has 0 saturated carbocycles. The fraction of sp³-hybridized carbons (Fsp3) is 0.0213. The van der Waals surface area contributed by atoms with Crippen LogP contribution in [-0.2, 0) is 5.41 Å². The number of H-pyrrole nitrogens is 1. The van der Waals surface area contributed by atoms with Crippen molar-refractivity contribution >= 4 is 148 Å². The summed E-state index contributed by atoms with van der Waals surface area (Å²) in [6, 6.07) is 45.3. The maximum atomic E-state index is 7.42. The van der Waals surface area contributed by atoms with Crippen molar-refractivity contribution in [2.24, 2.45) is 0 Å². The van der Waals surface area contributed by atoms with Crippen LogP contribution in [-0.4, -0.2) is 64.5 Å². The lowest BCUT2D eigenvalue weighted by Gasteiger charge is -2.45. The molecule has 1 spiro atoms. The van der Waals surface area contributed by atoms with E-state index in [0.717, 1.165) is 22.5 Å². The van der Waals surface area contributed by atoms with E-state index in [0.29, 0.717) is 0 Å². The third kappa shape index (κ3) is 3.92. The summed E-state index contributed by atoms with van der Waals surface area (Å²) in [6.45, 7) is 0. The lowest BCUT2D eigenvalue weighted by Crippen LogP contribution is -2.55. The Balaban J connectivity index is 1.30. The second kappa shape index (κ2) is 11.3. The first-order chi connectivity index (χ1) is 27.7. The molecule has 3 nitrogen and oxygen atoms in total. The summed E-state index contributed by atoms with van der Waals surface area (Å²) in [5.41, 5.74) is 21.9. The van der Waals surface area contributed by atoms with E-state index in [1.807, 2.05) is 0 Å². The average molecular weight is 719 g/mol. The van der Waals surface area contributed by atoms with Crippen LogP contribution in [0.5, 0.6) is 11.5 Å². The van der Waals surface area contributed by atoms with E-state index in [2.05, 4.69) is 186 Å². The molecule has 0 radical (unpaired) electrons. The van der Waals surface area contributed by atoms with Crippen LogP contribution >= 0.6 is 0 Å². The van der Waals surface area contributed by atoms with Gasteiger partial charge in [0.25, 0.3) is 0 Å². The quantitative estimate of drug-likeness (QED) is 0.236. The Labute approximate surface area is 337 Å². The number of hydrogen-bond donors (Lipinski definition) is 1. The predicted octanol–water partition coefficient (Wildman–Crippen LogP) is -0.151. The third-order valence-electron chi connectivity index (χ3n) is 14.3. The fourth-order valence-corrected chi connectivity index (χ4v) is 11.2. The second-order valence-electron chi connectivity index (χ2n) is 16.7. The van der Waals surface area contributed by atoms with E-state index in [1.54, 1.807) is 0 Å². The zero-order valence-electron chi connectivity index (χ0n) is 33.4. The number of aromatic amines is 1. The number of para-hydroxylation sites is 1. The van der Waals surface area contributed by atoms with Gasteiger partial charge >= 0.3 is 0 Å². The third-order valence-corrected chi connectivity index (χ3v) is 14.3. The van der Waals surface area contributed by atoms with Gasteiger partial charge in [-0.3, -0.25) is 0 Å². The predicted molar refractivity (Wildman–Crippen MR) is 262 cm³/mol. The highest BCUT2D eigenvalue weighted by Gasteiger charge is 2.53. The molecule has 0 fully saturated rings. The number of ether oxygens (including phenoxy) is 1. The summed E-state index contributed by atoms with van der Waals surface area (Å²) in [4.78, 5) is 3.78. The summed E-state index contributed by atoms with van der Waals surface area (Å²) < 4.78 is 9.99. The van der Waals surface area contributed by atoms with Crippen LogP contribution in [0.25, 0.3) is 71.2 Å². The van der Waals surface area contributed by atoms with Gasteiger partial charge in [-0.15, -0.1) is 5.46 Å². The average Bonchev–Trinajstić information content (AvgIpc) is 3.86. The molecule has 0 bridgehead atoms. The summed E-state index contributed by atoms with van der Waals surface area (Å²) >= 11 is 0. The zero-order valence-corrected chi connectivity index (χ0v) is 33.4. The summed E-state index contributed by atoms with van der Waals surface area (Å²) in [5.74, 6) is 2.00. The summed E-state index contributed by atoms with van der Waals surface area (Å²) in [6.07, 6.45) is 0. The highest BCUT2D eigenvalue weighted by molar-refractivity contribution is 6.64. The minimum atomic E-state index is -0.587. The number of nitrogens with zero attached hydrogens (tertiary/aromatic N) is 1. The standard InChI is InChI=1S/C47H35B7N2O/c48-37-35-45(42(53)40(51)39(37)50)57-46-36(47(35)28-14-6-3-11-23(28)24-12-4-7-15-29(24)47)38(49)44(41(52)43(46)54)56-32-18-17-21-9-1-2-10-22(21)34(32)27-19-26-25-13-5-8-16-30(25)55-31(26)20-33(27)56/h1-20,55H,48-54H2. The molecule has 2 aliphatic rings. The smallest absolute Gasteiger partial charge is 0.143 e. The molecule has 57 heavy (non-hydrogen) atoms. The van der Waals surface area contributed by atoms with Crippen molar-refractivity contribution in [3.05, 3.63) is 144 Å². The number of benzene rings is 8. The van der Waals surface area contributed by atoms with E-state index < -0.39 is 5.41 Å². The van der Waals surface area contributed by atoms with Crippen molar-refractivity contribution in [2.45, 2.75) is 5.41 Å². The Morgan fingerprint density at radius 1 is 0.456 bits per heavy atom. The van der Waals surface area contributed by atoms with Gasteiger partial charge in [0, 0.05) is 49.4 Å². The van der Waals surface area contributed by atoms with Crippen molar-refractivity contribution in [1.82, 2.24) is 9.55 Å². The SMILES string of the molecule is Bc1c(B)c(B)c2c(c1B)Oc1c(B)c(B)c(-n3c4cc5[nH]c6ccccc6c5cc4c4c5ccccc5ccc43)c(B)c1C21c2ccccc2-c2ccccc21. The van der Waals surface area contributed by atoms with Crippen molar-refractivity contribution in [3.8, 4) is 28.3 Å². The molecule has 0 saturated heterocycles. The van der Waals surface area contributed by atoms with Crippen LogP contribution in [0.2, 0.25) is 0 Å². The van der Waals surface area contributed by atoms with Crippen LogP contribution in [0.15, 0.2) is 121 Å². The Morgan fingerprint density at radius 3 is 1.79 bits per heavy atom. The highest BCUT2D eigenvalue weighted by atomic mass is 16.5. The maximum Gasteiger partial charge on any atom is 0.143 e. The van der Waals surface area contributed by atoms with Gasteiger partial charge in [-0.05, 0) is 57.3 Å². The van der Waals surface area contributed by atoms with E-state index >= 15 is 0 Å². The van der Waals surface area contributed by atoms with Crippen molar-refractivity contribution in [2.75, 3.05) is 0 Å². The van der Waals surface area contributed by atoms with Crippen LogP contribution in [0.3, 0.4) is 0 Å². The molecule has 2 aromatic heterocycles. The molecule has 8 aromatic carbocycles.